The quantitative estimate of drug-likeness (QED) is 0.787. The topological polar surface area (TPSA) is 57.0 Å². The average Bonchev–Trinajstić information content (AvgIpc) is 3.05. The van der Waals surface area contributed by atoms with Gasteiger partial charge in [-0.05, 0) is 37.1 Å². The van der Waals surface area contributed by atoms with E-state index in [1.807, 2.05) is 43.3 Å². The van der Waals surface area contributed by atoms with Crippen LogP contribution in [0.15, 0.2) is 47.1 Å². The molecule has 0 spiro atoms. The van der Waals surface area contributed by atoms with Gasteiger partial charge in [-0.3, -0.25) is 0 Å². The molecular weight excluding hydrogens is 262 g/mol. The third-order valence-corrected chi connectivity index (χ3v) is 3.60. The number of nitrogen functional groups attached to an aromatic ring is 1. The van der Waals surface area contributed by atoms with E-state index in [0.29, 0.717) is 5.82 Å². The van der Waals surface area contributed by atoms with Gasteiger partial charge in [-0.25, -0.2) is 4.68 Å². The first-order valence-electron chi connectivity index (χ1n) is 7.19. The highest BCUT2D eigenvalue weighted by Crippen LogP contribution is 2.32. The van der Waals surface area contributed by atoms with E-state index in [1.54, 1.807) is 10.9 Å². The molecule has 3 rings (SSSR count). The fourth-order valence-corrected chi connectivity index (χ4v) is 2.52. The van der Waals surface area contributed by atoms with Crippen LogP contribution in [-0.2, 0) is 6.42 Å². The summed E-state index contributed by atoms with van der Waals surface area (Å²) < 4.78 is 7.40. The van der Waals surface area contributed by atoms with Crippen LogP contribution in [0.1, 0.15) is 24.5 Å². The predicted octanol–water partition coefficient (Wildman–Crippen LogP) is 3.98. The fourth-order valence-electron chi connectivity index (χ4n) is 2.52. The number of anilines is 1. The van der Waals surface area contributed by atoms with Gasteiger partial charge in [0.2, 0.25) is 0 Å². The smallest absolute Gasteiger partial charge is 0.157 e. The Morgan fingerprint density at radius 1 is 1.19 bits per heavy atom. The molecule has 1 aromatic carbocycles. The number of aryl methyl sites for hydroxylation is 1. The van der Waals surface area contributed by atoms with Crippen LogP contribution in [0, 0.1) is 6.92 Å². The lowest BCUT2D eigenvalue weighted by atomic mass is 10.1. The summed E-state index contributed by atoms with van der Waals surface area (Å²) in [5, 5.41) is 4.70. The van der Waals surface area contributed by atoms with E-state index in [4.69, 9.17) is 15.2 Å². The number of nitrogens with zero attached hydrogens (tertiary/aromatic N) is 2. The van der Waals surface area contributed by atoms with E-state index in [2.05, 4.69) is 6.92 Å². The zero-order valence-corrected chi connectivity index (χ0v) is 12.3. The van der Waals surface area contributed by atoms with Gasteiger partial charge in [0, 0.05) is 5.56 Å². The molecule has 0 saturated heterocycles. The number of aromatic nitrogens is 2. The van der Waals surface area contributed by atoms with Crippen LogP contribution in [-0.4, -0.2) is 9.78 Å². The number of furan rings is 1. The van der Waals surface area contributed by atoms with E-state index in [-0.39, 0.29) is 0 Å². The number of hydrogen-bond acceptors (Lipinski definition) is 3. The standard InChI is InChI=1S/C17H19N3O/c1-3-7-14-15(16-12(2)10-11-21-16)19-20(17(14)18)13-8-5-4-6-9-13/h4-6,8-11H,3,7,18H2,1-2H3. The van der Waals surface area contributed by atoms with Gasteiger partial charge in [-0.2, -0.15) is 5.10 Å². The van der Waals surface area contributed by atoms with Crippen molar-refractivity contribution in [2.45, 2.75) is 26.7 Å². The molecule has 4 nitrogen and oxygen atoms in total. The molecule has 0 atom stereocenters. The molecule has 0 aliphatic rings. The van der Waals surface area contributed by atoms with Crippen molar-refractivity contribution in [3.05, 3.63) is 53.8 Å². The van der Waals surface area contributed by atoms with Crippen molar-refractivity contribution >= 4 is 5.82 Å². The zero-order valence-electron chi connectivity index (χ0n) is 12.3. The summed E-state index contributed by atoms with van der Waals surface area (Å²) in [5.74, 6) is 1.49. The highest BCUT2D eigenvalue weighted by Gasteiger charge is 2.20. The molecule has 2 aromatic heterocycles. The zero-order chi connectivity index (χ0) is 14.8. The van der Waals surface area contributed by atoms with Crippen molar-refractivity contribution in [2.24, 2.45) is 0 Å². The summed E-state index contributed by atoms with van der Waals surface area (Å²) in [6.45, 7) is 4.16. The molecule has 21 heavy (non-hydrogen) atoms. The Kier molecular flexibility index (Phi) is 3.52. The second kappa shape index (κ2) is 5.48. The van der Waals surface area contributed by atoms with Gasteiger partial charge in [-0.1, -0.05) is 31.5 Å². The molecule has 0 bridgehead atoms. The van der Waals surface area contributed by atoms with Gasteiger partial charge >= 0.3 is 0 Å². The van der Waals surface area contributed by atoms with Crippen LogP contribution in [0.4, 0.5) is 5.82 Å². The Labute approximate surface area is 124 Å². The lowest BCUT2D eigenvalue weighted by Crippen LogP contribution is -2.02. The normalized spacial score (nSPS) is 11.0. The average molecular weight is 281 g/mol. The number of benzene rings is 1. The molecule has 0 saturated carbocycles. The molecule has 0 amide bonds. The summed E-state index contributed by atoms with van der Waals surface area (Å²) in [7, 11) is 0. The molecule has 0 aliphatic heterocycles. The molecule has 2 N–H and O–H groups in total. The van der Waals surface area contributed by atoms with E-state index in [9.17, 15) is 0 Å². The van der Waals surface area contributed by atoms with Crippen LogP contribution in [0.3, 0.4) is 0 Å². The molecule has 0 aliphatic carbocycles. The third-order valence-electron chi connectivity index (χ3n) is 3.60. The predicted molar refractivity (Wildman–Crippen MR) is 84.4 cm³/mol. The van der Waals surface area contributed by atoms with Crippen LogP contribution < -0.4 is 5.73 Å². The minimum atomic E-state index is 0.689. The molecule has 3 aromatic rings. The number of rotatable bonds is 4. The van der Waals surface area contributed by atoms with E-state index in [0.717, 1.165) is 41.1 Å². The van der Waals surface area contributed by atoms with Crippen molar-refractivity contribution in [2.75, 3.05) is 5.73 Å². The second-order valence-corrected chi connectivity index (χ2v) is 5.14. The van der Waals surface area contributed by atoms with E-state index in [1.165, 1.54) is 0 Å². The van der Waals surface area contributed by atoms with Gasteiger partial charge in [0.1, 0.15) is 11.5 Å². The second-order valence-electron chi connectivity index (χ2n) is 5.14. The van der Waals surface area contributed by atoms with Crippen molar-refractivity contribution in [3.63, 3.8) is 0 Å². The molecule has 0 fully saturated rings. The van der Waals surface area contributed by atoms with Crippen LogP contribution in [0.5, 0.6) is 0 Å². The first kappa shape index (κ1) is 13.5. The van der Waals surface area contributed by atoms with Gasteiger partial charge in [0.25, 0.3) is 0 Å². The summed E-state index contributed by atoms with van der Waals surface area (Å²) in [5.41, 5.74) is 10.3. The van der Waals surface area contributed by atoms with Crippen LogP contribution >= 0.6 is 0 Å². The van der Waals surface area contributed by atoms with Gasteiger partial charge in [0.05, 0.1) is 12.0 Å². The Hall–Kier alpha value is -2.49. The summed E-state index contributed by atoms with van der Waals surface area (Å²) in [4.78, 5) is 0. The minimum absolute atomic E-state index is 0.689. The lowest BCUT2D eigenvalue weighted by Gasteiger charge is -2.04. The maximum absolute atomic E-state index is 6.34. The van der Waals surface area contributed by atoms with Crippen molar-refractivity contribution in [1.82, 2.24) is 9.78 Å². The van der Waals surface area contributed by atoms with Crippen molar-refractivity contribution in [1.29, 1.82) is 0 Å². The Bertz CT molecular complexity index is 741. The Morgan fingerprint density at radius 3 is 2.57 bits per heavy atom. The molecule has 0 unspecified atom stereocenters. The fraction of sp³-hybridized carbons (Fsp3) is 0.235. The molecular formula is C17H19N3O. The monoisotopic (exact) mass is 281 g/mol. The van der Waals surface area contributed by atoms with E-state index < -0.39 is 0 Å². The minimum Gasteiger partial charge on any atom is -0.462 e. The summed E-state index contributed by atoms with van der Waals surface area (Å²) in [6.07, 6.45) is 3.59. The Morgan fingerprint density at radius 2 is 1.95 bits per heavy atom. The number of hydrogen-bond donors (Lipinski definition) is 1. The molecule has 4 heteroatoms. The first-order valence-corrected chi connectivity index (χ1v) is 7.19. The van der Waals surface area contributed by atoms with Gasteiger partial charge in [0.15, 0.2) is 5.76 Å². The SMILES string of the molecule is CCCc1c(-c2occc2C)nn(-c2ccccc2)c1N. The molecule has 0 radical (unpaired) electrons. The van der Waals surface area contributed by atoms with Crippen LogP contribution in [0.2, 0.25) is 0 Å². The van der Waals surface area contributed by atoms with Crippen molar-refractivity contribution < 1.29 is 4.42 Å². The Balaban J connectivity index is 2.19. The van der Waals surface area contributed by atoms with Crippen LogP contribution in [0.25, 0.3) is 17.1 Å². The largest absolute Gasteiger partial charge is 0.462 e. The maximum atomic E-state index is 6.34. The van der Waals surface area contributed by atoms with Crippen molar-refractivity contribution in [3.8, 4) is 17.1 Å². The third kappa shape index (κ3) is 2.33. The molecule has 2 heterocycles. The lowest BCUT2D eigenvalue weighted by molar-refractivity contribution is 0.576. The first-order chi connectivity index (χ1) is 10.2. The highest BCUT2D eigenvalue weighted by atomic mass is 16.3. The molecule has 108 valence electrons. The maximum Gasteiger partial charge on any atom is 0.157 e. The van der Waals surface area contributed by atoms with Gasteiger partial charge < -0.3 is 10.2 Å². The summed E-state index contributed by atoms with van der Waals surface area (Å²) in [6, 6.07) is 11.9. The highest BCUT2D eigenvalue weighted by molar-refractivity contribution is 5.68. The number of nitrogens with two attached hydrogens (primary N) is 1. The van der Waals surface area contributed by atoms with E-state index >= 15 is 0 Å². The summed E-state index contributed by atoms with van der Waals surface area (Å²) >= 11 is 0. The van der Waals surface area contributed by atoms with Gasteiger partial charge in [-0.15, -0.1) is 0 Å². The number of para-hydroxylation sites is 1.